The van der Waals surface area contributed by atoms with Crippen LogP contribution < -0.4 is 5.32 Å². The number of aliphatic hydroxyl groups excluding tert-OH is 1. The standard InChI is InChI=1S/C19H24N2O3/c1-19(2,24)9-8-14-5-3-6-15(11-14)18(23)21-13-17(22)16-7-4-10-20-12-16/h3-7,10-12,17,22,24H,8-9,13H2,1-2H3,(H,21,23). The highest BCUT2D eigenvalue weighted by Crippen LogP contribution is 2.15. The summed E-state index contributed by atoms with van der Waals surface area (Å²) in [6.07, 6.45) is 3.74. The van der Waals surface area contributed by atoms with Gasteiger partial charge in [0.05, 0.1) is 11.7 Å². The lowest BCUT2D eigenvalue weighted by atomic mass is 9.98. The van der Waals surface area contributed by atoms with Crippen molar-refractivity contribution in [3.63, 3.8) is 0 Å². The van der Waals surface area contributed by atoms with Crippen LogP contribution in [-0.4, -0.2) is 33.3 Å². The summed E-state index contributed by atoms with van der Waals surface area (Å²) in [6.45, 7) is 3.66. The van der Waals surface area contributed by atoms with E-state index in [1.165, 1.54) is 0 Å². The van der Waals surface area contributed by atoms with Crippen LogP contribution in [-0.2, 0) is 6.42 Å². The number of hydrogen-bond donors (Lipinski definition) is 3. The van der Waals surface area contributed by atoms with Gasteiger partial charge in [-0.1, -0.05) is 18.2 Å². The Bertz CT molecular complexity index is 666. The molecule has 1 aromatic heterocycles. The zero-order chi connectivity index (χ0) is 17.6. The Kier molecular flexibility index (Phi) is 6.06. The van der Waals surface area contributed by atoms with Crippen LogP contribution in [0.3, 0.4) is 0 Å². The second kappa shape index (κ2) is 8.04. The molecule has 128 valence electrons. The molecule has 0 aliphatic rings. The molecule has 0 bridgehead atoms. The molecule has 1 heterocycles. The topological polar surface area (TPSA) is 82.5 Å². The molecular formula is C19H24N2O3. The fourth-order valence-corrected chi connectivity index (χ4v) is 2.30. The maximum atomic E-state index is 12.2. The van der Waals surface area contributed by atoms with Gasteiger partial charge >= 0.3 is 0 Å². The molecule has 1 atom stereocenters. The first-order valence-corrected chi connectivity index (χ1v) is 8.03. The minimum Gasteiger partial charge on any atom is -0.390 e. The van der Waals surface area contributed by atoms with Gasteiger partial charge in [0.25, 0.3) is 5.91 Å². The van der Waals surface area contributed by atoms with Crippen molar-refractivity contribution in [1.29, 1.82) is 0 Å². The fourth-order valence-electron chi connectivity index (χ4n) is 2.30. The highest BCUT2D eigenvalue weighted by Gasteiger charge is 2.14. The molecule has 0 saturated carbocycles. The van der Waals surface area contributed by atoms with Crippen molar-refractivity contribution in [3.8, 4) is 0 Å². The fraction of sp³-hybridized carbons (Fsp3) is 0.368. The van der Waals surface area contributed by atoms with Crippen molar-refractivity contribution in [1.82, 2.24) is 10.3 Å². The number of nitrogens with zero attached hydrogens (tertiary/aromatic N) is 1. The molecule has 5 heteroatoms. The molecule has 0 fully saturated rings. The summed E-state index contributed by atoms with van der Waals surface area (Å²) in [4.78, 5) is 16.2. The van der Waals surface area contributed by atoms with Crippen molar-refractivity contribution >= 4 is 5.91 Å². The van der Waals surface area contributed by atoms with Gasteiger partial charge in [-0.2, -0.15) is 0 Å². The zero-order valence-electron chi connectivity index (χ0n) is 14.1. The van der Waals surface area contributed by atoms with E-state index in [1.807, 2.05) is 18.2 Å². The van der Waals surface area contributed by atoms with Crippen LogP contribution in [0.15, 0.2) is 48.8 Å². The van der Waals surface area contributed by atoms with Crippen molar-refractivity contribution in [2.24, 2.45) is 0 Å². The Morgan fingerprint density at radius 1 is 1.29 bits per heavy atom. The third-order valence-corrected chi connectivity index (χ3v) is 3.74. The number of rotatable bonds is 7. The number of aromatic nitrogens is 1. The molecule has 1 amide bonds. The van der Waals surface area contributed by atoms with E-state index in [1.54, 1.807) is 44.4 Å². The Morgan fingerprint density at radius 3 is 2.75 bits per heavy atom. The lowest BCUT2D eigenvalue weighted by Gasteiger charge is -2.17. The van der Waals surface area contributed by atoms with Gasteiger partial charge in [0.1, 0.15) is 0 Å². The van der Waals surface area contributed by atoms with E-state index in [0.29, 0.717) is 24.0 Å². The van der Waals surface area contributed by atoms with Crippen molar-refractivity contribution < 1.29 is 15.0 Å². The quantitative estimate of drug-likeness (QED) is 0.728. The number of benzene rings is 1. The number of carbonyl (C=O) groups is 1. The van der Waals surface area contributed by atoms with Gasteiger partial charge in [0.2, 0.25) is 0 Å². The van der Waals surface area contributed by atoms with E-state index in [2.05, 4.69) is 10.3 Å². The second-order valence-corrected chi connectivity index (χ2v) is 6.52. The van der Waals surface area contributed by atoms with Gasteiger partial charge in [-0.15, -0.1) is 0 Å². The zero-order valence-corrected chi connectivity index (χ0v) is 14.1. The Labute approximate surface area is 142 Å². The van der Waals surface area contributed by atoms with Gasteiger partial charge in [0, 0.05) is 30.1 Å². The summed E-state index contributed by atoms with van der Waals surface area (Å²) in [5.41, 5.74) is 1.47. The smallest absolute Gasteiger partial charge is 0.251 e. The monoisotopic (exact) mass is 328 g/mol. The van der Waals surface area contributed by atoms with Crippen LogP contribution in [0.2, 0.25) is 0 Å². The Morgan fingerprint density at radius 2 is 2.08 bits per heavy atom. The molecule has 2 rings (SSSR count). The summed E-state index contributed by atoms with van der Waals surface area (Å²) < 4.78 is 0. The first-order valence-electron chi connectivity index (χ1n) is 8.03. The lowest BCUT2D eigenvalue weighted by Crippen LogP contribution is -2.28. The van der Waals surface area contributed by atoms with Gasteiger partial charge in [-0.25, -0.2) is 0 Å². The van der Waals surface area contributed by atoms with Gasteiger partial charge in [0.15, 0.2) is 0 Å². The van der Waals surface area contributed by atoms with Gasteiger partial charge < -0.3 is 15.5 Å². The first-order chi connectivity index (χ1) is 11.3. The maximum Gasteiger partial charge on any atom is 0.251 e. The molecule has 1 aromatic carbocycles. The van der Waals surface area contributed by atoms with Crippen molar-refractivity contribution in [2.75, 3.05) is 6.54 Å². The van der Waals surface area contributed by atoms with Crippen LogP contribution in [0, 0.1) is 0 Å². The molecule has 0 radical (unpaired) electrons. The van der Waals surface area contributed by atoms with E-state index in [9.17, 15) is 15.0 Å². The molecule has 0 aliphatic heterocycles. The predicted molar refractivity (Wildman–Crippen MR) is 92.6 cm³/mol. The van der Waals surface area contributed by atoms with E-state index in [0.717, 1.165) is 5.56 Å². The highest BCUT2D eigenvalue weighted by atomic mass is 16.3. The highest BCUT2D eigenvalue weighted by molar-refractivity contribution is 5.94. The summed E-state index contributed by atoms with van der Waals surface area (Å²) in [5.74, 6) is -0.233. The maximum absolute atomic E-state index is 12.2. The minimum absolute atomic E-state index is 0.123. The van der Waals surface area contributed by atoms with Crippen LogP contribution in [0.1, 0.15) is 47.9 Å². The summed E-state index contributed by atoms with van der Waals surface area (Å²) >= 11 is 0. The number of aliphatic hydroxyl groups is 2. The number of pyridine rings is 1. The second-order valence-electron chi connectivity index (χ2n) is 6.52. The van der Waals surface area contributed by atoms with E-state index < -0.39 is 11.7 Å². The van der Waals surface area contributed by atoms with Gasteiger partial charge in [-0.05, 0) is 50.5 Å². The van der Waals surface area contributed by atoms with E-state index in [4.69, 9.17) is 0 Å². The Hall–Kier alpha value is -2.24. The molecule has 5 nitrogen and oxygen atoms in total. The van der Waals surface area contributed by atoms with Crippen LogP contribution in [0.25, 0.3) is 0 Å². The molecule has 1 unspecified atom stereocenters. The number of aryl methyl sites for hydroxylation is 1. The third kappa shape index (κ3) is 5.76. The van der Waals surface area contributed by atoms with Crippen LogP contribution in [0.4, 0.5) is 0 Å². The number of carbonyl (C=O) groups excluding carboxylic acids is 1. The average Bonchev–Trinajstić information content (AvgIpc) is 2.58. The summed E-state index contributed by atoms with van der Waals surface area (Å²) in [5, 5.41) is 22.6. The van der Waals surface area contributed by atoms with E-state index >= 15 is 0 Å². The average molecular weight is 328 g/mol. The number of hydrogen-bond acceptors (Lipinski definition) is 4. The molecule has 0 saturated heterocycles. The third-order valence-electron chi connectivity index (χ3n) is 3.74. The van der Waals surface area contributed by atoms with Gasteiger partial charge in [-0.3, -0.25) is 9.78 Å². The summed E-state index contributed by atoms with van der Waals surface area (Å²) in [6, 6.07) is 10.8. The molecular weight excluding hydrogens is 304 g/mol. The molecule has 24 heavy (non-hydrogen) atoms. The predicted octanol–water partition coefficient (Wildman–Crippen LogP) is 2.25. The molecule has 0 spiro atoms. The first kappa shape index (κ1) is 18.1. The van der Waals surface area contributed by atoms with E-state index in [-0.39, 0.29) is 12.5 Å². The normalized spacial score (nSPS) is 12.7. The molecule has 3 N–H and O–H groups in total. The molecule has 2 aromatic rings. The number of nitrogens with one attached hydrogen (secondary N) is 1. The van der Waals surface area contributed by atoms with Crippen LogP contribution >= 0.6 is 0 Å². The van der Waals surface area contributed by atoms with Crippen molar-refractivity contribution in [2.45, 2.75) is 38.4 Å². The molecule has 0 aliphatic carbocycles. The van der Waals surface area contributed by atoms with Crippen molar-refractivity contribution in [3.05, 3.63) is 65.5 Å². The summed E-state index contributed by atoms with van der Waals surface area (Å²) in [7, 11) is 0. The van der Waals surface area contributed by atoms with Crippen LogP contribution in [0.5, 0.6) is 0 Å². The minimum atomic E-state index is -0.791. The Balaban J connectivity index is 1.92. The number of amides is 1. The SMILES string of the molecule is CC(C)(O)CCc1cccc(C(=O)NCC(O)c2cccnc2)c1. The largest absolute Gasteiger partial charge is 0.390 e. The lowest BCUT2D eigenvalue weighted by molar-refractivity contribution is 0.0714.